The van der Waals surface area contributed by atoms with Crippen LogP contribution in [-0.2, 0) is 11.2 Å². The number of hydrogen-bond donors (Lipinski definition) is 2. The van der Waals surface area contributed by atoms with Crippen LogP contribution in [0.2, 0.25) is 0 Å². The maximum Gasteiger partial charge on any atom is 0.254 e. The van der Waals surface area contributed by atoms with Gasteiger partial charge in [-0.15, -0.1) is 0 Å². The van der Waals surface area contributed by atoms with Crippen molar-refractivity contribution in [3.63, 3.8) is 0 Å². The molecule has 6 rings (SSSR count). The van der Waals surface area contributed by atoms with Gasteiger partial charge in [-0.2, -0.15) is 4.39 Å². The normalized spacial score (nSPS) is 15.9. The van der Waals surface area contributed by atoms with E-state index in [0.717, 1.165) is 31.5 Å². The Hall–Kier alpha value is -4.58. The number of methoxy groups -OCH3 is 1. The molecule has 2 aliphatic heterocycles. The molecule has 12 heteroatoms. The van der Waals surface area contributed by atoms with Crippen LogP contribution in [0.25, 0.3) is 16.9 Å². The van der Waals surface area contributed by atoms with E-state index in [-0.39, 0.29) is 29.0 Å². The Morgan fingerprint density at radius 3 is 2.50 bits per heavy atom. The van der Waals surface area contributed by atoms with Gasteiger partial charge in [0.2, 0.25) is 11.7 Å². The molecule has 0 atom stereocenters. The Balaban J connectivity index is 1.17. The van der Waals surface area contributed by atoms with Crippen LogP contribution in [-0.4, -0.2) is 82.4 Å². The number of nitrogens with one attached hydrogen (secondary N) is 2. The van der Waals surface area contributed by atoms with E-state index in [2.05, 4.69) is 20.6 Å². The number of hydrogen-bond acceptors (Lipinski definition) is 7. The van der Waals surface area contributed by atoms with Gasteiger partial charge in [0.25, 0.3) is 5.91 Å². The molecule has 2 fully saturated rings. The number of carbonyl (C=O) groups excluding carboxylic acids is 2. The summed E-state index contributed by atoms with van der Waals surface area (Å²) < 4.78 is 35.8. The number of ether oxygens (including phenoxy) is 1. The van der Waals surface area contributed by atoms with Gasteiger partial charge in [-0.3, -0.25) is 14.0 Å². The first-order chi connectivity index (χ1) is 21.4. The van der Waals surface area contributed by atoms with Crippen molar-refractivity contribution < 1.29 is 23.1 Å². The Bertz CT molecular complexity index is 1690. The Kier molecular flexibility index (Phi) is 8.42. The number of aromatic nitrogens is 3. The molecule has 2 aliphatic rings. The van der Waals surface area contributed by atoms with Gasteiger partial charge in [0.05, 0.1) is 19.0 Å². The van der Waals surface area contributed by atoms with Gasteiger partial charge in [-0.05, 0) is 68.2 Å². The molecule has 0 bridgehead atoms. The number of carbonyl (C=O) groups is 2. The summed E-state index contributed by atoms with van der Waals surface area (Å²) in [5, 5.41) is 6.57. The first-order valence-corrected chi connectivity index (χ1v) is 14.9. The highest BCUT2D eigenvalue weighted by molar-refractivity contribution is 5.96. The molecular weight excluding hydrogens is 568 g/mol. The lowest BCUT2D eigenvalue weighted by atomic mass is 9.96. The average Bonchev–Trinajstić information content (AvgIpc) is 3.50. The zero-order valence-corrected chi connectivity index (χ0v) is 24.8. The van der Waals surface area contributed by atoms with Crippen molar-refractivity contribution in [2.75, 3.05) is 51.7 Å². The number of fused-ring (bicyclic) bond motifs is 1. The van der Waals surface area contributed by atoms with Crippen LogP contribution in [0.15, 0.2) is 48.9 Å². The van der Waals surface area contributed by atoms with Crippen molar-refractivity contribution in [3.05, 3.63) is 71.7 Å². The standard InChI is InChI=1S/C32H35F2N7O3/c1-3-20-18-22(4-5-23(20)32(43)40-16-14-39(15-17-40)31(42)21-8-10-35-11-9-21)38-29-30-37-19-25(41(30)13-12-36-29)24-6-7-26(44-2)28(34)27(24)33/h4-7,12-13,18-19,21,35H,3,8-11,14-17H2,1-2H3,(H,36,38). The summed E-state index contributed by atoms with van der Waals surface area (Å²) in [6, 6.07) is 8.36. The SMILES string of the molecule is CCc1cc(Nc2nccn3c(-c4ccc(OC)c(F)c4F)cnc23)ccc1C(=O)N1CCN(C(=O)C2CCNCC2)CC1. The topological polar surface area (TPSA) is 104 Å². The lowest BCUT2D eigenvalue weighted by Crippen LogP contribution is -2.52. The second kappa shape index (κ2) is 12.6. The second-order valence-corrected chi connectivity index (χ2v) is 11.0. The van der Waals surface area contributed by atoms with Crippen molar-refractivity contribution in [2.45, 2.75) is 26.2 Å². The number of aryl methyl sites for hydroxylation is 1. The summed E-state index contributed by atoms with van der Waals surface area (Å²) >= 11 is 0. The fourth-order valence-corrected chi connectivity index (χ4v) is 6.03. The monoisotopic (exact) mass is 603 g/mol. The minimum absolute atomic E-state index is 0.0422. The number of nitrogens with zero attached hydrogens (tertiary/aromatic N) is 5. The fraction of sp³-hybridized carbons (Fsp3) is 0.375. The van der Waals surface area contributed by atoms with Gasteiger partial charge in [0.15, 0.2) is 23.0 Å². The molecular formula is C32H35F2N7O3. The van der Waals surface area contributed by atoms with Gasteiger partial charge in [-0.25, -0.2) is 14.4 Å². The zero-order valence-electron chi connectivity index (χ0n) is 24.8. The molecule has 2 aromatic heterocycles. The van der Waals surface area contributed by atoms with Gasteiger partial charge in [0.1, 0.15) is 0 Å². The molecule has 0 unspecified atom stereocenters. The molecule has 0 spiro atoms. The van der Waals surface area contributed by atoms with Gasteiger partial charge >= 0.3 is 0 Å². The van der Waals surface area contributed by atoms with E-state index in [9.17, 15) is 18.4 Å². The van der Waals surface area contributed by atoms with Crippen LogP contribution >= 0.6 is 0 Å². The number of halogens is 2. The number of amides is 2. The largest absolute Gasteiger partial charge is 0.494 e. The molecule has 10 nitrogen and oxygen atoms in total. The van der Waals surface area contributed by atoms with E-state index >= 15 is 0 Å². The molecule has 2 amide bonds. The number of piperidine rings is 1. The van der Waals surface area contributed by atoms with E-state index in [4.69, 9.17) is 4.74 Å². The highest BCUT2D eigenvalue weighted by Crippen LogP contribution is 2.32. The van der Waals surface area contributed by atoms with Crippen molar-refractivity contribution in [1.82, 2.24) is 29.5 Å². The van der Waals surface area contributed by atoms with Crippen molar-refractivity contribution >= 4 is 29.0 Å². The zero-order chi connectivity index (χ0) is 30.8. The highest BCUT2D eigenvalue weighted by atomic mass is 19.2. The molecule has 4 heterocycles. The van der Waals surface area contributed by atoms with Crippen LogP contribution in [0, 0.1) is 17.6 Å². The molecule has 44 heavy (non-hydrogen) atoms. The summed E-state index contributed by atoms with van der Waals surface area (Å²) in [7, 11) is 1.28. The number of anilines is 2. The quantitative estimate of drug-likeness (QED) is 0.325. The van der Waals surface area contributed by atoms with Gasteiger partial charge in [-0.1, -0.05) is 6.92 Å². The Morgan fingerprint density at radius 2 is 1.77 bits per heavy atom. The third kappa shape index (κ3) is 5.57. The molecule has 2 aromatic carbocycles. The minimum Gasteiger partial charge on any atom is -0.494 e. The fourth-order valence-electron chi connectivity index (χ4n) is 6.03. The van der Waals surface area contributed by atoms with E-state index in [1.807, 2.05) is 34.9 Å². The van der Waals surface area contributed by atoms with Crippen LogP contribution in [0.5, 0.6) is 5.75 Å². The molecule has 2 saturated heterocycles. The van der Waals surface area contributed by atoms with E-state index in [1.165, 1.54) is 25.4 Å². The van der Waals surface area contributed by atoms with Gasteiger partial charge in [0, 0.05) is 61.3 Å². The maximum atomic E-state index is 14.9. The summed E-state index contributed by atoms with van der Waals surface area (Å²) in [6.45, 7) is 5.84. The summed E-state index contributed by atoms with van der Waals surface area (Å²) in [5.41, 5.74) is 3.04. The predicted molar refractivity (Wildman–Crippen MR) is 162 cm³/mol. The average molecular weight is 604 g/mol. The smallest absolute Gasteiger partial charge is 0.254 e. The molecule has 0 saturated carbocycles. The second-order valence-electron chi connectivity index (χ2n) is 11.0. The third-order valence-corrected chi connectivity index (χ3v) is 8.52. The van der Waals surface area contributed by atoms with Crippen molar-refractivity contribution in [1.29, 1.82) is 0 Å². The third-order valence-electron chi connectivity index (χ3n) is 8.52. The number of piperazine rings is 1. The summed E-state index contributed by atoms with van der Waals surface area (Å²) in [5.74, 6) is -1.62. The molecule has 2 N–H and O–H groups in total. The predicted octanol–water partition coefficient (Wildman–Crippen LogP) is 4.27. The van der Waals surface area contributed by atoms with E-state index in [1.54, 1.807) is 16.8 Å². The first-order valence-electron chi connectivity index (χ1n) is 14.9. The van der Waals surface area contributed by atoms with Crippen LogP contribution in [0.1, 0.15) is 35.7 Å². The van der Waals surface area contributed by atoms with Crippen molar-refractivity contribution in [2.24, 2.45) is 5.92 Å². The number of imidazole rings is 1. The lowest BCUT2D eigenvalue weighted by Gasteiger charge is -2.37. The van der Waals surface area contributed by atoms with Crippen molar-refractivity contribution in [3.8, 4) is 17.0 Å². The van der Waals surface area contributed by atoms with E-state index < -0.39 is 11.6 Å². The van der Waals surface area contributed by atoms with Crippen LogP contribution in [0.3, 0.4) is 0 Å². The molecule has 4 aromatic rings. The molecule has 0 aliphatic carbocycles. The molecule has 230 valence electrons. The minimum atomic E-state index is -1.07. The Morgan fingerprint density at radius 1 is 1.02 bits per heavy atom. The number of rotatable bonds is 7. The highest BCUT2D eigenvalue weighted by Gasteiger charge is 2.30. The molecule has 0 radical (unpaired) electrons. The van der Waals surface area contributed by atoms with Gasteiger partial charge < -0.3 is 25.2 Å². The van der Waals surface area contributed by atoms with E-state index in [0.29, 0.717) is 61.0 Å². The Labute approximate surface area is 254 Å². The first kappa shape index (κ1) is 29.5. The lowest BCUT2D eigenvalue weighted by molar-refractivity contribution is -0.137. The summed E-state index contributed by atoms with van der Waals surface area (Å²) in [6.07, 6.45) is 7.01. The van der Waals surface area contributed by atoms with Crippen LogP contribution in [0.4, 0.5) is 20.3 Å². The maximum absolute atomic E-state index is 14.9. The summed E-state index contributed by atoms with van der Waals surface area (Å²) in [4.78, 5) is 39.0. The number of benzene rings is 2. The van der Waals surface area contributed by atoms with Crippen LogP contribution < -0.4 is 15.4 Å².